The van der Waals surface area contributed by atoms with E-state index in [1.54, 1.807) is 0 Å². The summed E-state index contributed by atoms with van der Waals surface area (Å²) in [6, 6.07) is 0. The van der Waals surface area contributed by atoms with Crippen molar-refractivity contribution in [3.05, 3.63) is 23.8 Å². The maximum Gasteiger partial charge on any atom is 0.0674 e. The molecule has 1 heteroatoms. The highest BCUT2D eigenvalue weighted by Crippen LogP contribution is 2.24. The van der Waals surface area contributed by atoms with Gasteiger partial charge in [-0.15, -0.1) is 5.92 Å². The average molecular weight is 162 g/mol. The first kappa shape index (κ1) is 9.09. The van der Waals surface area contributed by atoms with Gasteiger partial charge in [0, 0.05) is 5.92 Å². The standard InChI is InChI=1S/C11H14O/c1-3-4-6-9(2)10-7-5-8-11(10)12/h5-7,10-12H,8H2,1-2H3/b9-6-/t10?,11-/m1/s1. The van der Waals surface area contributed by atoms with Crippen LogP contribution < -0.4 is 0 Å². The van der Waals surface area contributed by atoms with E-state index in [4.69, 9.17) is 0 Å². The van der Waals surface area contributed by atoms with Gasteiger partial charge in [0.15, 0.2) is 0 Å². The van der Waals surface area contributed by atoms with E-state index in [9.17, 15) is 5.11 Å². The van der Waals surface area contributed by atoms with E-state index in [1.807, 2.05) is 32.1 Å². The monoisotopic (exact) mass is 162 g/mol. The van der Waals surface area contributed by atoms with E-state index in [0.29, 0.717) is 0 Å². The quantitative estimate of drug-likeness (QED) is 0.461. The zero-order chi connectivity index (χ0) is 8.97. The maximum absolute atomic E-state index is 9.51. The predicted molar refractivity (Wildman–Crippen MR) is 50.5 cm³/mol. The Morgan fingerprint density at radius 2 is 2.42 bits per heavy atom. The molecule has 1 rings (SSSR count). The van der Waals surface area contributed by atoms with E-state index >= 15 is 0 Å². The summed E-state index contributed by atoms with van der Waals surface area (Å²) >= 11 is 0. The molecule has 0 fully saturated rings. The largest absolute Gasteiger partial charge is 0.392 e. The number of hydrogen-bond donors (Lipinski definition) is 1. The molecule has 0 aromatic carbocycles. The Bertz CT molecular complexity index is 262. The minimum atomic E-state index is -0.236. The molecule has 1 aliphatic rings. The molecule has 0 heterocycles. The topological polar surface area (TPSA) is 20.2 Å². The zero-order valence-electron chi connectivity index (χ0n) is 7.54. The van der Waals surface area contributed by atoms with Gasteiger partial charge in [-0.3, -0.25) is 0 Å². The summed E-state index contributed by atoms with van der Waals surface area (Å²) in [4.78, 5) is 0. The normalized spacial score (nSPS) is 28.4. The van der Waals surface area contributed by atoms with Crippen molar-refractivity contribution in [3.63, 3.8) is 0 Å². The van der Waals surface area contributed by atoms with Crippen molar-refractivity contribution in [3.8, 4) is 11.8 Å². The second kappa shape index (κ2) is 4.13. The summed E-state index contributed by atoms with van der Waals surface area (Å²) in [5.74, 6) is 5.88. The molecule has 1 aliphatic carbocycles. The van der Waals surface area contributed by atoms with Crippen LogP contribution in [0.15, 0.2) is 23.8 Å². The molecular weight excluding hydrogens is 148 g/mol. The van der Waals surface area contributed by atoms with E-state index in [2.05, 4.69) is 11.8 Å². The van der Waals surface area contributed by atoms with Gasteiger partial charge >= 0.3 is 0 Å². The lowest BCUT2D eigenvalue weighted by Crippen LogP contribution is -2.14. The van der Waals surface area contributed by atoms with Gasteiger partial charge in [0.25, 0.3) is 0 Å². The maximum atomic E-state index is 9.51. The summed E-state index contributed by atoms with van der Waals surface area (Å²) < 4.78 is 0. The SMILES string of the molecule is CC#C/C=C(/C)C1C=CC[C@H]1O. The molecule has 12 heavy (non-hydrogen) atoms. The van der Waals surface area contributed by atoms with E-state index in [-0.39, 0.29) is 12.0 Å². The van der Waals surface area contributed by atoms with Gasteiger partial charge in [0.1, 0.15) is 0 Å². The third-order valence-corrected chi connectivity index (χ3v) is 2.11. The summed E-state index contributed by atoms with van der Waals surface area (Å²) in [5, 5.41) is 9.51. The van der Waals surface area contributed by atoms with Gasteiger partial charge in [-0.1, -0.05) is 23.6 Å². The molecule has 0 aromatic rings. The van der Waals surface area contributed by atoms with Crippen molar-refractivity contribution in [2.24, 2.45) is 5.92 Å². The first-order valence-electron chi connectivity index (χ1n) is 4.19. The van der Waals surface area contributed by atoms with Crippen LogP contribution in [0.5, 0.6) is 0 Å². The Morgan fingerprint density at radius 3 is 2.92 bits per heavy atom. The second-order valence-corrected chi connectivity index (χ2v) is 3.04. The summed E-state index contributed by atoms with van der Waals surface area (Å²) in [5.41, 5.74) is 1.14. The third-order valence-electron chi connectivity index (χ3n) is 2.11. The smallest absolute Gasteiger partial charge is 0.0674 e. The molecule has 64 valence electrons. The van der Waals surface area contributed by atoms with Crippen LogP contribution in [0.4, 0.5) is 0 Å². The fourth-order valence-electron chi connectivity index (χ4n) is 1.38. The number of hydrogen-bond acceptors (Lipinski definition) is 1. The molecule has 0 bridgehead atoms. The van der Waals surface area contributed by atoms with Crippen LogP contribution in [0.1, 0.15) is 20.3 Å². The molecule has 1 nitrogen and oxygen atoms in total. The molecule has 0 radical (unpaired) electrons. The van der Waals surface area contributed by atoms with Crippen LogP contribution >= 0.6 is 0 Å². The Morgan fingerprint density at radius 1 is 1.67 bits per heavy atom. The predicted octanol–water partition coefficient (Wildman–Crippen LogP) is 1.89. The minimum Gasteiger partial charge on any atom is -0.392 e. The lowest BCUT2D eigenvalue weighted by Gasteiger charge is -2.13. The highest BCUT2D eigenvalue weighted by atomic mass is 16.3. The van der Waals surface area contributed by atoms with Crippen molar-refractivity contribution >= 4 is 0 Å². The van der Waals surface area contributed by atoms with Crippen molar-refractivity contribution in [1.29, 1.82) is 0 Å². The van der Waals surface area contributed by atoms with Gasteiger partial charge in [-0.05, 0) is 26.3 Å². The highest BCUT2D eigenvalue weighted by molar-refractivity contribution is 5.26. The van der Waals surface area contributed by atoms with Crippen molar-refractivity contribution in [1.82, 2.24) is 0 Å². The van der Waals surface area contributed by atoms with Crippen LogP contribution in [0, 0.1) is 17.8 Å². The Labute approximate surface area is 73.8 Å². The first-order chi connectivity index (χ1) is 5.75. The van der Waals surface area contributed by atoms with Crippen LogP contribution in [0.2, 0.25) is 0 Å². The van der Waals surface area contributed by atoms with Crippen molar-refractivity contribution < 1.29 is 5.11 Å². The second-order valence-electron chi connectivity index (χ2n) is 3.04. The molecule has 0 saturated carbocycles. The molecular formula is C11H14O. The summed E-state index contributed by atoms with van der Waals surface area (Å²) in [6.07, 6.45) is 6.48. The first-order valence-corrected chi connectivity index (χ1v) is 4.19. The number of allylic oxidation sites excluding steroid dienone is 1. The fraction of sp³-hybridized carbons (Fsp3) is 0.455. The summed E-state index contributed by atoms with van der Waals surface area (Å²) in [6.45, 7) is 3.82. The van der Waals surface area contributed by atoms with Gasteiger partial charge in [-0.25, -0.2) is 0 Å². The number of aliphatic hydroxyl groups is 1. The van der Waals surface area contributed by atoms with Crippen LogP contribution in [-0.2, 0) is 0 Å². The van der Waals surface area contributed by atoms with Crippen LogP contribution in [0.3, 0.4) is 0 Å². The molecule has 0 aromatic heterocycles. The lowest BCUT2D eigenvalue weighted by atomic mass is 9.97. The molecule has 2 atom stereocenters. The molecule has 1 N–H and O–H groups in total. The van der Waals surface area contributed by atoms with Crippen molar-refractivity contribution in [2.45, 2.75) is 26.4 Å². The Kier molecular flexibility index (Phi) is 3.13. The fourth-order valence-corrected chi connectivity index (χ4v) is 1.38. The van der Waals surface area contributed by atoms with E-state index in [1.165, 1.54) is 0 Å². The van der Waals surface area contributed by atoms with Gasteiger partial charge in [-0.2, -0.15) is 0 Å². The van der Waals surface area contributed by atoms with Gasteiger partial charge < -0.3 is 5.11 Å². The lowest BCUT2D eigenvalue weighted by molar-refractivity contribution is 0.157. The molecule has 0 saturated heterocycles. The van der Waals surface area contributed by atoms with Crippen molar-refractivity contribution in [2.75, 3.05) is 0 Å². The molecule has 0 aliphatic heterocycles. The third kappa shape index (κ3) is 1.99. The van der Waals surface area contributed by atoms with E-state index < -0.39 is 0 Å². The molecule has 0 amide bonds. The number of aliphatic hydroxyl groups excluding tert-OH is 1. The van der Waals surface area contributed by atoms with Gasteiger partial charge in [0.2, 0.25) is 0 Å². The average Bonchev–Trinajstić information content (AvgIpc) is 2.47. The number of rotatable bonds is 1. The summed E-state index contributed by atoms with van der Waals surface area (Å²) in [7, 11) is 0. The van der Waals surface area contributed by atoms with Crippen LogP contribution in [-0.4, -0.2) is 11.2 Å². The molecule has 0 spiro atoms. The minimum absolute atomic E-state index is 0.186. The zero-order valence-corrected chi connectivity index (χ0v) is 7.54. The van der Waals surface area contributed by atoms with Crippen LogP contribution in [0.25, 0.3) is 0 Å². The van der Waals surface area contributed by atoms with Gasteiger partial charge in [0.05, 0.1) is 6.10 Å². The molecule has 1 unspecified atom stereocenters. The van der Waals surface area contributed by atoms with E-state index in [0.717, 1.165) is 12.0 Å². The Balaban J connectivity index is 2.67. The highest BCUT2D eigenvalue weighted by Gasteiger charge is 2.20. The Hall–Kier alpha value is -1.00.